The zero-order chi connectivity index (χ0) is 17.0. The molecular weight excluding hydrogens is 368 g/mol. The highest BCUT2D eigenvalue weighted by Crippen LogP contribution is 2.20. The predicted molar refractivity (Wildman–Crippen MR) is 86.2 cm³/mol. The van der Waals surface area contributed by atoms with Crippen molar-refractivity contribution in [3.05, 3.63) is 40.4 Å². The fraction of sp³-hybridized carbons (Fsp3) is 0.267. The van der Waals surface area contributed by atoms with E-state index in [1.165, 1.54) is 30.2 Å². The maximum atomic E-state index is 12.2. The van der Waals surface area contributed by atoms with Crippen LogP contribution in [-0.4, -0.2) is 54.1 Å². The quantitative estimate of drug-likeness (QED) is 0.609. The van der Waals surface area contributed by atoms with Crippen LogP contribution in [0.4, 0.5) is 5.69 Å². The molecule has 0 saturated heterocycles. The summed E-state index contributed by atoms with van der Waals surface area (Å²) in [5.74, 6) is -2.66. The molecule has 2 N–H and O–H groups in total. The van der Waals surface area contributed by atoms with E-state index in [4.69, 9.17) is 9.84 Å². The van der Waals surface area contributed by atoms with Crippen molar-refractivity contribution in [1.29, 1.82) is 0 Å². The zero-order valence-electron chi connectivity index (χ0n) is 12.3. The van der Waals surface area contributed by atoms with Crippen LogP contribution in [0.2, 0.25) is 0 Å². The molecule has 0 bridgehead atoms. The van der Waals surface area contributed by atoms with E-state index in [0.717, 1.165) is 0 Å². The summed E-state index contributed by atoms with van der Waals surface area (Å²) in [6, 6.07) is 4.20. The molecule has 2 amide bonds. The summed E-state index contributed by atoms with van der Waals surface area (Å²) < 4.78 is 5.63. The molecule has 1 heterocycles. The Labute approximate surface area is 141 Å². The van der Waals surface area contributed by atoms with Gasteiger partial charge in [-0.1, -0.05) is 28.1 Å². The number of amides is 2. The Hall–Kier alpha value is -2.19. The number of hydrogen-bond donors (Lipinski definition) is 2. The summed E-state index contributed by atoms with van der Waals surface area (Å²) >= 11 is 3.17. The SMILES string of the molecule is COC1C=CCN(C(=O)C(=O)Nc2cc(Br)cc(C(=O)O)c2)C1. The van der Waals surface area contributed by atoms with Gasteiger partial charge in [0.2, 0.25) is 0 Å². The number of rotatable bonds is 3. The molecule has 0 aromatic heterocycles. The highest BCUT2D eigenvalue weighted by Gasteiger charge is 2.25. The maximum Gasteiger partial charge on any atom is 0.335 e. The van der Waals surface area contributed by atoms with E-state index in [9.17, 15) is 14.4 Å². The molecule has 2 rings (SSSR count). The molecule has 0 saturated carbocycles. The third-order valence-electron chi connectivity index (χ3n) is 3.26. The van der Waals surface area contributed by atoms with E-state index < -0.39 is 17.8 Å². The Bertz CT molecular complexity index is 674. The van der Waals surface area contributed by atoms with Crippen molar-refractivity contribution in [3.8, 4) is 0 Å². The molecule has 0 spiro atoms. The lowest BCUT2D eigenvalue weighted by Crippen LogP contribution is -2.45. The number of ether oxygens (including phenoxy) is 1. The van der Waals surface area contributed by atoms with E-state index in [1.807, 2.05) is 6.08 Å². The minimum Gasteiger partial charge on any atom is -0.478 e. The number of carboxylic acid groups (broad SMARTS) is 1. The van der Waals surface area contributed by atoms with Gasteiger partial charge in [0, 0.05) is 23.8 Å². The lowest BCUT2D eigenvalue weighted by molar-refractivity contribution is -0.143. The Balaban J connectivity index is 2.08. The van der Waals surface area contributed by atoms with Crippen molar-refractivity contribution in [2.75, 3.05) is 25.5 Å². The van der Waals surface area contributed by atoms with Gasteiger partial charge in [0.1, 0.15) is 0 Å². The van der Waals surface area contributed by atoms with Gasteiger partial charge >= 0.3 is 17.8 Å². The summed E-state index contributed by atoms with van der Waals surface area (Å²) in [5, 5.41) is 11.4. The van der Waals surface area contributed by atoms with Crippen LogP contribution in [0.5, 0.6) is 0 Å². The topological polar surface area (TPSA) is 95.9 Å². The van der Waals surface area contributed by atoms with Crippen molar-refractivity contribution < 1.29 is 24.2 Å². The molecule has 1 aromatic carbocycles. The van der Waals surface area contributed by atoms with Gasteiger partial charge in [0.05, 0.1) is 18.2 Å². The van der Waals surface area contributed by atoms with Gasteiger partial charge in [-0.2, -0.15) is 0 Å². The summed E-state index contributed by atoms with van der Waals surface area (Å²) in [5.41, 5.74) is 0.230. The number of hydrogen-bond acceptors (Lipinski definition) is 4. The van der Waals surface area contributed by atoms with Crippen LogP contribution in [0, 0.1) is 0 Å². The first-order valence-corrected chi connectivity index (χ1v) is 7.53. The highest BCUT2D eigenvalue weighted by molar-refractivity contribution is 9.10. The number of carboxylic acids is 1. The molecular formula is C15H15BrN2O5. The average molecular weight is 383 g/mol. The Kier molecular flexibility index (Phi) is 5.51. The molecule has 8 heteroatoms. The minimum absolute atomic E-state index is 0.00229. The first-order chi connectivity index (χ1) is 10.9. The van der Waals surface area contributed by atoms with Crippen LogP contribution < -0.4 is 5.32 Å². The zero-order valence-corrected chi connectivity index (χ0v) is 13.9. The first-order valence-electron chi connectivity index (χ1n) is 6.74. The second-order valence-electron chi connectivity index (χ2n) is 4.90. The normalized spacial score (nSPS) is 17.0. The Morgan fingerprint density at radius 1 is 1.35 bits per heavy atom. The van der Waals surface area contributed by atoms with E-state index in [-0.39, 0.29) is 23.9 Å². The molecule has 7 nitrogen and oxygen atoms in total. The van der Waals surface area contributed by atoms with Gasteiger partial charge in [-0.25, -0.2) is 4.79 Å². The molecule has 1 atom stereocenters. The molecule has 1 aliphatic heterocycles. The van der Waals surface area contributed by atoms with Gasteiger partial charge in [-0.15, -0.1) is 0 Å². The van der Waals surface area contributed by atoms with Crippen LogP contribution in [0.15, 0.2) is 34.8 Å². The van der Waals surface area contributed by atoms with Crippen LogP contribution >= 0.6 is 15.9 Å². The fourth-order valence-corrected chi connectivity index (χ4v) is 2.62. The first kappa shape index (κ1) is 17.2. The Morgan fingerprint density at radius 2 is 2.09 bits per heavy atom. The van der Waals surface area contributed by atoms with Crippen molar-refractivity contribution in [2.24, 2.45) is 0 Å². The number of anilines is 1. The number of nitrogens with one attached hydrogen (secondary N) is 1. The summed E-state index contributed by atoms with van der Waals surface area (Å²) in [4.78, 5) is 36.6. The maximum absolute atomic E-state index is 12.2. The number of halogens is 1. The van der Waals surface area contributed by atoms with Crippen molar-refractivity contribution in [1.82, 2.24) is 4.90 Å². The molecule has 0 radical (unpaired) electrons. The lowest BCUT2D eigenvalue weighted by atomic mass is 10.2. The number of nitrogens with zero attached hydrogens (tertiary/aromatic N) is 1. The third-order valence-corrected chi connectivity index (χ3v) is 3.72. The van der Waals surface area contributed by atoms with Crippen LogP contribution in [0.3, 0.4) is 0 Å². The molecule has 0 fully saturated rings. The molecule has 122 valence electrons. The second kappa shape index (κ2) is 7.38. The Morgan fingerprint density at radius 3 is 2.74 bits per heavy atom. The number of aromatic carboxylic acids is 1. The van der Waals surface area contributed by atoms with Crippen molar-refractivity contribution in [2.45, 2.75) is 6.10 Å². The molecule has 23 heavy (non-hydrogen) atoms. The summed E-state index contributed by atoms with van der Waals surface area (Å²) in [6.07, 6.45) is 3.34. The molecule has 1 unspecified atom stereocenters. The summed E-state index contributed by atoms with van der Waals surface area (Å²) in [7, 11) is 1.53. The highest BCUT2D eigenvalue weighted by atomic mass is 79.9. The van der Waals surface area contributed by atoms with Crippen molar-refractivity contribution >= 4 is 39.4 Å². The van der Waals surface area contributed by atoms with E-state index >= 15 is 0 Å². The third kappa shape index (κ3) is 4.40. The van der Waals surface area contributed by atoms with E-state index in [2.05, 4.69) is 21.2 Å². The molecule has 1 aliphatic rings. The number of benzene rings is 1. The molecule has 0 aliphatic carbocycles. The van der Waals surface area contributed by atoms with Gasteiger partial charge in [-0.3, -0.25) is 9.59 Å². The average Bonchev–Trinajstić information content (AvgIpc) is 2.53. The fourth-order valence-electron chi connectivity index (χ4n) is 2.12. The van der Waals surface area contributed by atoms with Crippen molar-refractivity contribution in [3.63, 3.8) is 0 Å². The van der Waals surface area contributed by atoms with Gasteiger partial charge in [-0.05, 0) is 18.2 Å². The number of carbonyl (C=O) groups excluding carboxylic acids is 2. The number of carbonyl (C=O) groups is 3. The standard InChI is InChI=1S/C15H15BrN2O5/c1-23-12-3-2-4-18(8-12)14(20)13(19)17-11-6-9(15(21)22)5-10(16)7-11/h2-3,5-7,12H,4,8H2,1H3,(H,17,19)(H,21,22). The van der Waals surface area contributed by atoms with E-state index in [1.54, 1.807) is 6.08 Å². The number of methoxy groups -OCH3 is 1. The van der Waals surface area contributed by atoms with E-state index in [0.29, 0.717) is 11.0 Å². The second-order valence-corrected chi connectivity index (χ2v) is 5.82. The van der Waals surface area contributed by atoms with Crippen LogP contribution in [0.1, 0.15) is 10.4 Å². The van der Waals surface area contributed by atoms with Gasteiger partial charge in [0.25, 0.3) is 0 Å². The molecule has 1 aromatic rings. The van der Waals surface area contributed by atoms with Gasteiger partial charge in [0.15, 0.2) is 0 Å². The van der Waals surface area contributed by atoms with Crippen LogP contribution in [0.25, 0.3) is 0 Å². The monoisotopic (exact) mass is 382 g/mol. The largest absolute Gasteiger partial charge is 0.478 e. The lowest BCUT2D eigenvalue weighted by Gasteiger charge is -2.27. The minimum atomic E-state index is -1.13. The summed E-state index contributed by atoms with van der Waals surface area (Å²) in [6.45, 7) is 0.614. The predicted octanol–water partition coefficient (Wildman–Crippen LogP) is 1.50. The smallest absolute Gasteiger partial charge is 0.335 e. The van der Waals surface area contributed by atoms with Gasteiger partial charge < -0.3 is 20.1 Å². The van der Waals surface area contributed by atoms with Crippen LogP contribution in [-0.2, 0) is 14.3 Å².